The molecule has 0 spiro atoms. The van der Waals surface area contributed by atoms with E-state index in [9.17, 15) is 14.0 Å². The number of hydrazine groups is 1. The molecule has 11 heteroatoms. The molecule has 6 N–H and O–H groups in total. The first-order valence-corrected chi connectivity index (χ1v) is 10.4. The van der Waals surface area contributed by atoms with Gasteiger partial charge in [0.2, 0.25) is 0 Å². The molecule has 34 heavy (non-hydrogen) atoms. The van der Waals surface area contributed by atoms with Crippen LogP contribution in [-0.2, 0) is 0 Å². The summed E-state index contributed by atoms with van der Waals surface area (Å²) in [5, 5.41) is 14.2. The number of benzene rings is 2. The molecular formula is C23H20F2N8O. The number of aryl methyl sites for hydroxylation is 1. The Bertz CT molecular complexity index is 1360. The fraction of sp³-hybridized carbons (Fsp3) is 0.174. The number of fused-ring (bicyclic) bond motifs is 1. The van der Waals surface area contributed by atoms with E-state index in [2.05, 4.69) is 26.8 Å². The van der Waals surface area contributed by atoms with Crippen LogP contribution >= 0.6 is 0 Å². The van der Waals surface area contributed by atoms with E-state index in [0.29, 0.717) is 34.0 Å². The molecule has 3 heterocycles. The van der Waals surface area contributed by atoms with Gasteiger partial charge in [0.05, 0.1) is 29.5 Å². The molecule has 172 valence electrons. The lowest BCUT2D eigenvalue weighted by atomic mass is 10.0. The normalized spacial score (nSPS) is 20.7. The number of rotatable bonds is 4. The first-order valence-electron chi connectivity index (χ1n) is 10.4. The van der Waals surface area contributed by atoms with E-state index < -0.39 is 30.0 Å². The fourth-order valence-corrected chi connectivity index (χ4v) is 4.14. The van der Waals surface area contributed by atoms with Crippen LogP contribution in [0.25, 0.3) is 11.4 Å². The summed E-state index contributed by atoms with van der Waals surface area (Å²) in [5.41, 5.74) is 18.1. The predicted octanol–water partition coefficient (Wildman–Crippen LogP) is 2.09. The molecule has 1 aromatic heterocycles. The Balaban J connectivity index is 1.61. The van der Waals surface area contributed by atoms with Crippen molar-refractivity contribution in [3.8, 4) is 6.07 Å². The predicted molar refractivity (Wildman–Crippen MR) is 120 cm³/mol. The summed E-state index contributed by atoms with van der Waals surface area (Å²) in [6.07, 6.45) is -0.180. The van der Waals surface area contributed by atoms with Gasteiger partial charge < -0.3 is 15.9 Å². The number of aromatic nitrogens is 1. The zero-order chi connectivity index (χ0) is 24.0. The smallest absolute Gasteiger partial charge is 0.181 e. The van der Waals surface area contributed by atoms with Crippen molar-refractivity contribution in [3.05, 3.63) is 88.6 Å². The lowest BCUT2D eigenvalue weighted by molar-refractivity contribution is 0.296. The monoisotopic (exact) mass is 462 g/mol. The number of nitrogens with one attached hydrogen (secondary N) is 2. The van der Waals surface area contributed by atoms with E-state index in [1.54, 1.807) is 36.2 Å². The van der Waals surface area contributed by atoms with Gasteiger partial charge in [-0.2, -0.15) is 5.26 Å². The Morgan fingerprint density at radius 3 is 2.62 bits per heavy atom. The fourth-order valence-electron chi connectivity index (χ4n) is 4.14. The van der Waals surface area contributed by atoms with Crippen molar-refractivity contribution in [2.75, 3.05) is 0 Å². The third kappa shape index (κ3) is 3.50. The van der Waals surface area contributed by atoms with Crippen LogP contribution in [0.4, 0.5) is 8.78 Å². The molecule has 0 bridgehead atoms. The van der Waals surface area contributed by atoms with E-state index in [-0.39, 0.29) is 11.4 Å². The SMILES string of the molecule is Cc1ncoc1C1=C(c2cccc(C#N)c2)N=C(N)C2NC(C(N)c3c(F)cccc3F)NN12. The van der Waals surface area contributed by atoms with Crippen LogP contribution in [0.3, 0.4) is 0 Å². The number of oxazole rings is 1. The molecule has 3 unspecified atom stereocenters. The second kappa shape index (κ2) is 8.35. The van der Waals surface area contributed by atoms with Crippen molar-refractivity contribution < 1.29 is 13.2 Å². The van der Waals surface area contributed by atoms with Crippen molar-refractivity contribution in [2.45, 2.75) is 25.3 Å². The van der Waals surface area contributed by atoms with Gasteiger partial charge in [0.15, 0.2) is 18.3 Å². The van der Waals surface area contributed by atoms with Crippen molar-refractivity contribution >= 4 is 17.2 Å². The number of hydrogen-bond donors (Lipinski definition) is 4. The van der Waals surface area contributed by atoms with Gasteiger partial charge in [0.25, 0.3) is 0 Å². The van der Waals surface area contributed by atoms with Gasteiger partial charge in [-0.1, -0.05) is 18.2 Å². The van der Waals surface area contributed by atoms with Gasteiger partial charge >= 0.3 is 0 Å². The summed E-state index contributed by atoms with van der Waals surface area (Å²) >= 11 is 0. The van der Waals surface area contributed by atoms with Gasteiger partial charge in [-0.25, -0.2) is 24.2 Å². The quantitative estimate of drug-likeness (QED) is 0.462. The average molecular weight is 462 g/mol. The van der Waals surface area contributed by atoms with Gasteiger partial charge in [0.1, 0.15) is 28.9 Å². The minimum absolute atomic E-state index is 0.189. The first kappa shape index (κ1) is 21.7. The Labute approximate surface area is 193 Å². The zero-order valence-electron chi connectivity index (χ0n) is 18.0. The van der Waals surface area contributed by atoms with Gasteiger partial charge in [-0.05, 0) is 31.2 Å². The van der Waals surface area contributed by atoms with Crippen molar-refractivity contribution in [3.63, 3.8) is 0 Å². The molecule has 3 aromatic rings. The maximum Gasteiger partial charge on any atom is 0.181 e. The molecular weight excluding hydrogens is 442 g/mol. The standard InChI is InChI=1S/C23H20F2N8O/c1-11-20(34-10-29-11)19-18(13-5-2-4-12(8-13)9-26)30-21(28)23-31-22(32-33(19)23)17(27)16-14(24)6-3-7-15(16)25/h2-8,10,17,22-23,31-32H,27H2,1H3,(H2,28,30). The summed E-state index contributed by atoms with van der Waals surface area (Å²) in [6.45, 7) is 1.77. The second-order valence-corrected chi connectivity index (χ2v) is 7.90. The molecule has 0 aliphatic carbocycles. The van der Waals surface area contributed by atoms with E-state index >= 15 is 0 Å². The van der Waals surface area contributed by atoms with E-state index in [1.165, 1.54) is 12.5 Å². The number of nitrogens with zero attached hydrogens (tertiary/aromatic N) is 4. The van der Waals surface area contributed by atoms with Crippen LogP contribution < -0.4 is 22.2 Å². The van der Waals surface area contributed by atoms with Crippen LogP contribution in [0.2, 0.25) is 0 Å². The molecule has 3 atom stereocenters. The van der Waals surface area contributed by atoms with Crippen molar-refractivity contribution in [2.24, 2.45) is 16.5 Å². The number of aliphatic imine (C=N–C) groups is 1. The highest BCUT2D eigenvalue weighted by atomic mass is 19.1. The second-order valence-electron chi connectivity index (χ2n) is 7.90. The maximum absolute atomic E-state index is 14.4. The molecule has 1 fully saturated rings. The number of hydrogen-bond acceptors (Lipinski definition) is 9. The third-order valence-electron chi connectivity index (χ3n) is 5.78. The van der Waals surface area contributed by atoms with Crippen LogP contribution in [0, 0.1) is 29.9 Å². The van der Waals surface area contributed by atoms with E-state index in [4.69, 9.17) is 15.9 Å². The number of nitrogens with two attached hydrogens (primary N) is 2. The first-order chi connectivity index (χ1) is 16.4. The Morgan fingerprint density at radius 2 is 1.94 bits per heavy atom. The molecule has 0 amide bonds. The Hall–Kier alpha value is -4.11. The van der Waals surface area contributed by atoms with Crippen molar-refractivity contribution in [1.82, 2.24) is 20.7 Å². The van der Waals surface area contributed by atoms with E-state index in [0.717, 1.165) is 12.1 Å². The average Bonchev–Trinajstić information content (AvgIpc) is 3.46. The lowest BCUT2D eigenvalue weighted by Gasteiger charge is -2.31. The van der Waals surface area contributed by atoms with Gasteiger partial charge in [-0.15, -0.1) is 0 Å². The van der Waals surface area contributed by atoms with Gasteiger partial charge in [0, 0.05) is 11.1 Å². The number of halogens is 2. The van der Waals surface area contributed by atoms with E-state index in [1.807, 2.05) is 0 Å². The molecule has 0 radical (unpaired) electrons. The topological polar surface area (TPSA) is 142 Å². The molecule has 1 saturated heterocycles. The summed E-state index contributed by atoms with van der Waals surface area (Å²) in [5.74, 6) is -0.898. The highest BCUT2D eigenvalue weighted by Gasteiger charge is 2.44. The molecule has 2 aromatic carbocycles. The van der Waals surface area contributed by atoms with Crippen LogP contribution in [0.15, 0.2) is 58.3 Å². The van der Waals surface area contributed by atoms with Crippen LogP contribution in [0.1, 0.15) is 34.2 Å². The Kier molecular flexibility index (Phi) is 5.33. The van der Waals surface area contributed by atoms with Crippen molar-refractivity contribution in [1.29, 1.82) is 5.26 Å². The van der Waals surface area contributed by atoms with Crippen LogP contribution in [0.5, 0.6) is 0 Å². The summed E-state index contributed by atoms with van der Waals surface area (Å²) in [4.78, 5) is 8.77. The van der Waals surface area contributed by atoms with Gasteiger partial charge in [-0.3, -0.25) is 10.3 Å². The minimum Gasteiger partial charge on any atom is -0.442 e. The molecule has 9 nitrogen and oxygen atoms in total. The summed E-state index contributed by atoms with van der Waals surface area (Å²) in [7, 11) is 0. The maximum atomic E-state index is 14.4. The third-order valence-corrected chi connectivity index (χ3v) is 5.78. The summed E-state index contributed by atoms with van der Waals surface area (Å²) < 4.78 is 34.5. The molecule has 2 aliphatic rings. The zero-order valence-corrected chi connectivity index (χ0v) is 18.0. The van der Waals surface area contributed by atoms with Crippen LogP contribution in [-0.4, -0.2) is 28.2 Å². The lowest BCUT2D eigenvalue weighted by Crippen LogP contribution is -2.50. The Morgan fingerprint density at radius 1 is 1.21 bits per heavy atom. The summed E-state index contributed by atoms with van der Waals surface area (Å²) in [6, 6.07) is 11.5. The highest BCUT2D eigenvalue weighted by molar-refractivity contribution is 6.01. The minimum atomic E-state index is -1.10. The molecule has 5 rings (SSSR count). The highest BCUT2D eigenvalue weighted by Crippen LogP contribution is 2.37. The molecule has 2 aliphatic heterocycles. The largest absolute Gasteiger partial charge is 0.442 e. The molecule has 0 saturated carbocycles. The number of nitriles is 1. The number of amidine groups is 1.